The molecule has 2 amide bonds. The molecule has 3 rings (SSSR count). The van der Waals surface area contributed by atoms with Crippen molar-refractivity contribution in [3.05, 3.63) is 71.9 Å². The van der Waals surface area contributed by atoms with Crippen molar-refractivity contribution in [3.8, 4) is 0 Å². The van der Waals surface area contributed by atoms with Crippen LogP contribution in [0, 0.1) is 11.6 Å². The van der Waals surface area contributed by atoms with Crippen LogP contribution in [-0.2, 0) is 14.3 Å². The molecular weight excluding hydrogens is 384 g/mol. The number of para-hydroxylation sites is 1. The molecule has 0 aliphatic rings. The molecule has 0 fully saturated rings. The average Bonchev–Trinajstić information content (AvgIpc) is 2.72. The summed E-state index contributed by atoms with van der Waals surface area (Å²) in [5, 5.41) is 5.40. The van der Waals surface area contributed by atoms with E-state index in [0.29, 0.717) is 5.52 Å². The molecule has 1 heterocycles. The Bertz CT molecular complexity index is 1090. The second kappa shape index (κ2) is 8.87. The highest BCUT2D eigenvalue weighted by Gasteiger charge is 2.13. The molecule has 148 valence electrons. The monoisotopic (exact) mass is 399 g/mol. The average molecular weight is 399 g/mol. The van der Waals surface area contributed by atoms with E-state index >= 15 is 0 Å². The fourth-order valence-electron chi connectivity index (χ4n) is 2.39. The highest BCUT2D eigenvalue weighted by Crippen LogP contribution is 2.13. The standard InChI is InChI=1S/C20H15F2N3O4/c21-14-7-6-13(9-15(14)22)24-18(26)10-23-19(27)11-29-20(28)17-8-5-12-3-1-2-4-16(12)25-17/h1-9H,10-11H2,(H,23,27)(H,24,26). The van der Waals surface area contributed by atoms with Gasteiger partial charge in [-0.15, -0.1) is 0 Å². The smallest absolute Gasteiger partial charge is 0.357 e. The van der Waals surface area contributed by atoms with Gasteiger partial charge in [0.2, 0.25) is 5.91 Å². The van der Waals surface area contributed by atoms with E-state index in [2.05, 4.69) is 15.6 Å². The summed E-state index contributed by atoms with van der Waals surface area (Å²) in [6.45, 7) is -1.05. The zero-order valence-corrected chi connectivity index (χ0v) is 14.9. The first-order chi connectivity index (χ1) is 13.9. The van der Waals surface area contributed by atoms with Gasteiger partial charge in [0.1, 0.15) is 5.69 Å². The van der Waals surface area contributed by atoms with Crippen molar-refractivity contribution in [2.45, 2.75) is 0 Å². The van der Waals surface area contributed by atoms with Gasteiger partial charge in [-0.25, -0.2) is 18.6 Å². The Balaban J connectivity index is 1.45. The highest BCUT2D eigenvalue weighted by molar-refractivity contribution is 5.95. The van der Waals surface area contributed by atoms with E-state index in [9.17, 15) is 23.2 Å². The van der Waals surface area contributed by atoms with Gasteiger partial charge in [0.15, 0.2) is 18.2 Å². The van der Waals surface area contributed by atoms with Crippen molar-refractivity contribution in [2.75, 3.05) is 18.5 Å². The van der Waals surface area contributed by atoms with Crippen molar-refractivity contribution < 1.29 is 27.9 Å². The molecule has 0 unspecified atom stereocenters. The van der Waals surface area contributed by atoms with E-state index in [4.69, 9.17) is 4.74 Å². The minimum atomic E-state index is -1.11. The van der Waals surface area contributed by atoms with E-state index in [-0.39, 0.29) is 11.4 Å². The zero-order chi connectivity index (χ0) is 20.8. The number of nitrogens with one attached hydrogen (secondary N) is 2. The lowest BCUT2D eigenvalue weighted by atomic mass is 10.2. The molecule has 0 spiro atoms. The van der Waals surface area contributed by atoms with Gasteiger partial charge in [0.25, 0.3) is 5.91 Å². The molecule has 0 atom stereocenters. The second-order valence-corrected chi connectivity index (χ2v) is 5.92. The van der Waals surface area contributed by atoms with Crippen LogP contribution in [0.3, 0.4) is 0 Å². The molecule has 0 aliphatic heterocycles. The van der Waals surface area contributed by atoms with Gasteiger partial charge in [-0.2, -0.15) is 0 Å². The first kappa shape index (κ1) is 19.9. The summed E-state index contributed by atoms with van der Waals surface area (Å²) < 4.78 is 30.8. The maximum absolute atomic E-state index is 13.1. The quantitative estimate of drug-likeness (QED) is 0.621. The zero-order valence-electron chi connectivity index (χ0n) is 14.9. The van der Waals surface area contributed by atoms with E-state index in [1.807, 2.05) is 12.1 Å². The molecule has 7 nitrogen and oxygen atoms in total. The van der Waals surface area contributed by atoms with Gasteiger partial charge in [-0.1, -0.05) is 24.3 Å². The number of fused-ring (bicyclic) bond motifs is 1. The van der Waals surface area contributed by atoms with Crippen LogP contribution in [0.15, 0.2) is 54.6 Å². The second-order valence-electron chi connectivity index (χ2n) is 5.92. The third-order valence-corrected chi connectivity index (χ3v) is 3.79. The van der Waals surface area contributed by atoms with Crippen LogP contribution >= 0.6 is 0 Å². The maximum Gasteiger partial charge on any atom is 0.357 e. The normalized spacial score (nSPS) is 10.4. The van der Waals surface area contributed by atoms with Crippen molar-refractivity contribution in [3.63, 3.8) is 0 Å². The lowest BCUT2D eigenvalue weighted by Gasteiger charge is -2.08. The number of carbonyl (C=O) groups is 3. The molecule has 0 aliphatic carbocycles. The molecule has 9 heteroatoms. The minimum Gasteiger partial charge on any atom is -0.451 e. The first-order valence-electron chi connectivity index (χ1n) is 8.47. The van der Waals surface area contributed by atoms with Gasteiger partial charge < -0.3 is 15.4 Å². The van der Waals surface area contributed by atoms with E-state index in [0.717, 1.165) is 17.5 Å². The summed E-state index contributed by atoms with van der Waals surface area (Å²) >= 11 is 0. The van der Waals surface area contributed by atoms with Crippen LogP contribution in [-0.4, -0.2) is 35.9 Å². The summed E-state index contributed by atoms with van der Waals surface area (Å²) in [5.41, 5.74) is 0.699. The molecule has 0 radical (unpaired) electrons. The number of nitrogens with zero attached hydrogens (tertiary/aromatic N) is 1. The Kier molecular flexibility index (Phi) is 6.08. The van der Waals surface area contributed by atoms with Gasteiger partial charge >= 0.3 is 5.97 Å². The summed E-state index contributed by atoms with van der Waals surface area (Å²) in [7, 11) is 0. The largest absolute Gasteiger partial charge is 0.451 e. The number of carbonyl (C=O) groups excluding carboxylic acids is 3. The lowest BCUT2D eigenvalue weighted by Crippen LogP contribution is -2.35. The predicted octanol–water partition coefficient (Wildman–Crippen LogP) is 2.42. The third kappa shape index (κ3) is 5.32. The Morgan fingerprint density at radius 1 is 0.931 bits per heavy atom. The Labute approximate surface area is 163 Å². The highest BCUT2D eigenvalue weighted by atomic mass is 19.2. The molecule has 0 saturated heterocycles. The Morgan fingerprint density at radius 3 is 2.52 bits per heavy atom. The summed E-state index contributed by atoms with van der Waals surface area (Å²) in [5.74, 6) is -4.30. The van der Waals surface area contributed by atoms with Crippen LogP contribution in [0.1, 0.15) is 10.5 Å². The van der Waals surface area contributed by atoms with Gasteiger partial charge in [-0.3, -0.25) is 9.59 Å². The third-order valence-electron chi connectivity index (χ3n) is 3.79. The number of halogens is 2. The number of ether oxygens (including phenoxy) is 1. The number of esters is 1. The number of aromatic nitrogens is 1. The van der Waals surface area contributed by atoms with Crippen LogP contribution in [0.5, 0.6) is 0 Å². The molecule has 0 bridgehead atoms. The summed E-state index contributed by atoms with van der Waals surface area (Å²) in [6, 6.07) is 13.3. The van der Waals surface area contributed by atoms with Gasteiger partial charge in [-0.05, 0) is 24.3 Å². The number of anilines is 1. The fraction of sp³-hybridized carbons (Fsp3) is 0.100. The van der Waals surface area contributed by atoms with Crippen LogP contribution < -0.4 is 10.6 Å². The van der Waals surface area contributed by atoms with Crippen molar-refractivity contribution in [1.82, 2.24) is 10.3 Å². The first-order valence-corrected chi connectivity index (χ1v) is 8.47. The van der Waals surface area contributed by atoms with Gasteiger partial charge in [0.05, 0.1) is 12.1 Å². The van der Waals surface area contributed by atoms with Crippen molar-refractivity contribution in [1.29, 1.82) is 0 Å². The number of benzene rings is 2. The molecular formula is C20H15F2N3O4. The van der Waals surface area contributed by atoms with Crippen molar-refractivity contribution >= 4 is 34.4 Å². The van der Waals surface area contributed by atoms with Crippen LogP contribution in [0.2, 0.25) is 0 Å². The molecule has 1 aromatic heterocycles. The number of hydrogen-bond acceptors (Lipinski definition) is 5. The SMILES string of the molecule is O=C(COC(=O)c1ccc2ccccc2n1)NCC(=O)Nc1ccc(F)c(F)c1. The number of rotatable bonds is 6. The number of amides is 2. The van der Waals surface area contributed by atoms with E-state index in [1.165, 1.54) is 12.1 Å². The fourth-order valence-corrected chi connectivity index (χ4v) is 2.39. The molecule has 0 saturated carbocycles. The number of pyridine rings is 1. The predicted molar refractivity (Wildman–Crippen MR) is 100 cm³/mol. The van der Waals surface area contributed by atoms with Crippen LogP contribution in [0.4, 0.5) is 14.5 Å². The van der Waals surface area contributed by atoms with E-state index < -0.39 is 42.6 Å². The maximum atomic E-state index is 13.1. The Morgan fingerprint density at radius 2 is 1.72 bits per heavy atom. The number of hydrogen-bond donors (Lipinski definition) is 2. The van der Waals surface area contributed by atoms with Crippen molar-refractivity contribution in [2.24, 2.45) is 0 Å². The summed E-state index contributed by atoms with van der Waals surface area (Å²) in [4.78, 5) is 39.7. The molecule has 2 aromatic carbocycles. The topological polar surface area (TPSA) is 97.4 Å². The van der Waals surface area contributed by atoms with Gasteiger partial charge in [0, 0.05) is 17.1 Å². The Hall–Kier alpha value is -3.88. The summed E-state index contributed by atoms with van der Waals surface area (Å²) in [6.07, 6.45) is 0. The molecule has 2 N–H and O–H groups in total. The molecule has 29 heavy (non-hydrogen) atoms. The van der Waals surface area contributed by atoms with E-state index in [1.54, 1.807) is 18.2 Å². The minimum absolute atomic E-state index is 0.0388. The molecule has 3 aromatic rings. The lowest BCUT2D eigenvalue weighted by molar-refractivity contribution is -0.126. The van der Waals surface area contributed by atoms with Crippen LogP contribution in [0.25, 0.3) is 10.9 Å².